The fraction of sp³-hybridized carbons (Fsp3) is 0.250. The molecular weight excluding hydrogens is 200 g/mol. The molecule has 72 valence electrons. The van der Waals surface area contributed by atoms with E-state index in [1.165, 1.54) is 12.1 Å². The second-order valence-electron chi connectivity index (χ2n) is 2.22. The van der Waals surface area contributed by atoms with Crippen LogP contribution in [0.4, 0.5) is 0 Å². The van der Waals surface area contributed by atoms with E-state index in [4.69, 9.17) is 21.4 Å². The van der Waals surface area contributed by atoms with Crippen LogP contribution < -0.4 is 23.6 Å². The van der Waals surface area contributed by atoms with Crippen molar-refractivity contribution >= 4 is 17.6 Å². The van der Waals surface area contributed by atoms with Crippen molar-refractivity contribution in [2.45, 2.75) is 6.92 Å². The summed E-state index contributed by atoms with van der Waals surface area (Å²) in [6.45, 7) is 2.10. The average molecular weight is 210 g/mol. The van der Waals surface area contributed by atoms with Gasteiger partial charge in [0.25, 0.3) is 0 Å². The number of aromatic carboxylic acids is 1. The topological polar surface area (TPSA) is 59.4 Å². The van der Waals surface area contributed by atoms with Gasteiger partial charge in [0, 0.05) is 0 Å². The zero-order valence-electron chi connectivity index (χ0n) is 8.95. The molecule has 0 aromatic carbocycles. The van der Waals surface area contributed by atoms with E-state index in [-0.39, 0.29) is 36.9 Å². The van der Waals surface area contributed by atoms with Crippen LogP contribution >= 0.6 is 11.6 Å². The Hall–Kier alpha value is -0.693. The smallest absolute Gasteiger partial charge is 1.00 e. The molecule has 1 N–H and O–H groups in total. The predicted octanol–water partition coefficient (Wildman–Crippen LogP) is -1.05. The van der Waals surface area contributed by atoms with Crippen molar-refractivity contribution in [2.24, 2.45) is 0 Å². The number of hydrogen-bond donors (Lipinski definition) is 1. The summed E-state index contributed by atoms with van der Waals surface area (Å²) in [5.74, 6) is -1.02. The quantitative estimate of drug-likeness (QED) is 0.510. The maximum atomic E-state index is 10.6. The average Bonchev–Trinajstić information content (AvgIpc) is 2.04. The van der Waals surface area contributed by atoms with Gasteiger partial charge in [-0.15, -0.1) is 0 Å². The standard InChI is InChI=1S/C8H8ClNO3.Li.H/c1-2-13-7-5(8(11)12)3-4-6(9)10-7;;/h3-4H,2H2,1H3,(H,11,12);;/q;+1;-1. The largest absolute Gasteiger partial charge is 1.00 e. The van der Waals surface area contributed by atoms with Crippen LogP contribution in [-0.2, 0) is 0 Å². The van der Waals surface area contributed by atoms with Crippen LogP contribution in [-0.4, -0.2) is 22.7 Å². The maximum Gasteiger partial charge on any atom is 1.00 e. The van der Waals surface area contributed by atoms with Gasteiger partial charge in [-0.05, 0) is 19.1 Å². The van der Waals surface area contributed by atoms with Gasteiger partial charge in [-0.2, -0.15) is 0 Å². The number of carboxylic acids is 1. The number of carbonyl (C=O) groups is 1. The normalized spacial score (nSPS) is 9.00. The number of aromatic nitrogens is 1. The molecule has 0 fully saturated rings. The van der Waals surface area contributed by atoms with Gasteiger partial charge >= 0.3 is 24.8 Å². The van der Waals surface area contributed by atoms with Crippen molar-refractivity contribution in [1.29, 1.82) is 0 Å². The first kappa shape index (κ1) is 13.3. The van der Waals surface area contributed by atoms with E-state index in [0.717, 1.165) is 0 Å². The first-order valence-electron chi connectivity index (χ1n) is 3.67. The molecule has 0 aliphatic rings. The summed E-state index contributed by atoms with van der Waals surface area (Å²) in [7, 11) is 0. The second-order valence-corrected chi connectivity index (χ2v) is 2.61. The number of hydrogen-bond acceptors (Lipinski definition) is 3. The molecule has 1 aromatic rings. The number of rotatable bonds is 3. The Bertz CT molecular complexity index is 338. The molecule has 0 unspecified atom stereocenters. The molecule has 6 heteroatoms. The molecule has 4 nitrogen and oxygen atoms in total. The van der Waals surface area contributed by atoms with Gasteiger partial charge in [0.2, 0.25) is 5.88 Å². The fourth-order valence-electron chi connectivity index (χ4n) is 0.827. The molecule has 0 bridgehead atoms. The third-order valence-corrected chi connectivity index (χ3v) is 1.55. The third kappa shape index (κ3) is 3.22. The molecule has 0 saturated heterocycles. The molecule has 1 rings (SSSR count). The van der Waals surface area contributed by atoms with E-state index in [2.05, 4.69) is 4.98 Å². The number of carboxylic acid groups (broad SMARTS) is 1. The van der Waals surface area contributed by atoms with Crippen LogP contribution in [0.25, 0.3) is 0 Å². The van der Waals surface area contributed by atoms with E-state index < -0.39 is 5.97 Å². The molecule has 0 aliphatic carbocycles. The summed E-state index contributed by atoms with van der Waals surface area (Å²) in [4.78, 5) is 14.4. The monoisotopic (exact) mass is 209 g/mol. The minimum atomic E-state index is -1.08. The summed E-state index contributed by atoms with van der Waals surface area (Å²) in [5.41, 5.74) is 0.0197. The summed E-state index contributed by atoms with van der Waals surface area (Å²) >= 11 is 5.57. The van der Waals surface area contributed by atoms with Crippen LogP contribution in [0.1, 0.15) is 18.7 Å². The minimum Gasteiger partial charge on any atom is -1.00 e. The van der Waals surface area contributed by atoms with Crippen molar-refractivity contribution in [3.63, 3.8) is 0 Å². The van der Waals surface area contributed by atoms with E-state index in [1.54, 1.807) is 6.92 Å². The van der Waals surface area contributed by atoms with Gasteiger partial charge in [-0.1, -0.05) is 11.6 Å². The number of halogens is 1. The summed E-state index contributed by atoms with van der Waals surface area (Å²) in [6.07, 6.45) is 0. The van der Waals surface area contributed by atoms with E-state index in [9.17, 15) is 4.79 Å². The molecular formula is C8H9ClLiNO3. The van der Waals surface area contributed by atoms with Crippen molar-refractivity contribution in [3.05, 3.63) is 22.8 Å². The van der Waals surface area contributed by atoms with Gasteiger partial charge in [0.1, 0.15) is 10.7 Å². The Morgan fingerprint density at radius 3 is 2.86 bits per heavy atom. The number of pyridine rings is 1. The van der Waals surface area contributed by atoms with E-state index >= 15 is 0 Å². The van der Waals surface area contributed by atoms with Crippen LogP contribution in [0.15, 0.2) is 12.1 Å². The Morgan fingerprint density at radius 2 is 2.36 bits per heavy atom. The first-order valence-corrected chi connectivity index (χ1v) is 4.05. The number of ether oxygens (including phenoxy) is 1. The zero-order valence-corrected chi connectivity index (χ0v) is 8.71. The Kier molecular flexibility index (Phi) is 5.62. The summed E-state index contributed by atoms with van der Waals surface area (Å²) < 4.78 is 5.00. The molecule has 1 heterocycles. The molecule has 0 atom stereocenters. The number of nitrogens with zero attached hydrogens (tertiary/aromatic N) is 1. The Morgan fingerprint density at radius 1 is 1.71 bits per heavy atom. The SMILES string of the molecule is CCOc1nc(Cl)ccc1C(=O)O.[H-].[Li+]. The minimum absolute atomic E-state index is 0. The Labute approximate surface area is 99.9 Å². The Balaban J connectivity index is 0. The maximum absolute atomic E-state index is 10.6. The molecule has 0 amide bonds. The van der Waals surface area contributed by atoms with Gasteiger partial charge in [-0.3, -0.25) is 0 Å². The van der Waals surface area contributed by atoms with Crippen molar-refractivity contribution < 1.29 is 34.9 Å². The molecule has 0 radical (unpaired) electrons. The fourth-order valence-corrected chi connectivity index (χ4v) is 0.967. The predicted molar refractivity (Wildman–Crippen MR) is 48.5 cm³/mol. The van der Waals surface area contributed by atoms with Crippen molar-refractivity contribution in [1.82, 2.24) is 4.98 Å². The second kappa shape index (κ2) is 5.92. The summed E-state index contributed by atoms with van der Waals surface area (Å²) in [6, 6.07) is 2.77. The van der Waals surface area contributed by atoms with Crippen LogP contribution in [0.3, 0.4) is 0 Å². The molecule has 0 saturated carbocycles. The van der Waals surface area contributed by atoms with Gasteiger partial charge < -0.3 is 11.3 Å². The van der Waals surface area contributed by atoms with Gasteiger partial charge in [0.15, 0.2) is 0 Å². The molecule has 0 aliphatic heterocycles. The van der Waals surface area contributed by atoms with E-state index in [0.29, 0.717) is 6.61 Å². The third-order valence-electron chi connectivity index (χ3n) is 1.34. The van der Waals surface area contributed by atoms with Crippen LogP contribution in [0, 0.1) is 0 Å². The van der Waals surface area contributed by atoms with Crippen LogP contribution in [0.2, 0.25) is 5.15 Å². The van der Waals surface area contributed by atoms with E-state index in [1.807, 2.05) is 0 Å². The first-order chi connectivity index (χ1) is 6.15. The molecule has 0 spiro atoms. The van der Waals surface area contributed by atoms with Gasteiger partial charge in [-0.25, -0.2) is 9.78 Å². The molecule has 1 aromatic heterocycles. The summed E-state index contributed by atoms with van der Waals surface area (Å²) in [5, 5.41) is 8.94. The molecule has 14 heavy (non-hydrogen) atoms. The zero-order chi connectivity index (χ0) is 9.84. The van der Waals surface area contributed by atoms with Crippen molar-refractivity contribution in [3.8, 4) is 5.88 Å². The van der Waals surface area contributed by atoms with Crippen molar-refractivity contribution in [2.75, 3.05) is 6.61 Å². The van der Waals surface area contributed by atoms with Crippen LogP contribution in [0.5, 0.6) is 5.88 Å². The van der Waals surface area contributed by atoms with Gasteiger partial charge in [0.05, 0.1) is 6.61 Å².